The zero-order chi connectivity index (χ0) is 13.6. The minimum absolute atomic E-state index is 0.150. The molecule has 0 amide bonds. The highest BCUT2D eigenvalue weighted by Crippen LogP contribution is 2.23. The number of nitrogens with zero attached hydrogens (tertiary/aromatic N) is 1. The number of anilines is 1. The number of para-hydroxylation sites is 1. The molecule has 0 saturated heterocycles. The minimum atomic E-state index is -0.150. The number of hydrogen-bond donors (Lipinski definition) is 1. The van der Waals surface area contributed by atoms with Crippen molar-refractivity contribution < 1.29 is 4.39 Å². The molecule has 1 aromatic carbocycles. The van der Waals surface area contributed by atoms with Crippen LogP contribution in [0.2, 0.25) is 0 Å². The normalized spacial score (nSPS) is 11.6. The lowest BCUT2D eigenvalue weighted by molar-refractivity contribution is 0.377. The van der Waals surface area contributed by atoms with Gasteiger partial charge in [0.2, 0.25) is 0 Å². The third-order valence-corrected chi connectivity index (χ3v) is 2.96. The van der Waals surface area contributed by atoms with E-state index in [2.05, 4.69) is 25.7 Å². The second-order valence-electron chi connectivity index (χ2n) is 5.89. The fraction of sp³-hybridized carbons (Fsp3) is 0.600. The van der Waals surface area contributed by atoms with Crippen LogP contribution in [0.1, 0.15) is 33.6 Å². The van der Waals surface area contributed by atoms with E-state index in [1.165, 1.54) is 6.07 Å². The molecule has 0 unspecified atom stereocenters. The molecule has 3 heteroatoms. The SMILES string of the molecule is CC(C)(C)CCN(CCCN)c1ccccc1F. The average molecular weight is 252 g/mol. The second kappa shape index (κ2) is 6.74. The zero-order valence-corrected chi connectivity index (χ0v) is 11.7. The quantitative estimate of drug-likeness (QED) is 0.840. The summed E-state index contributed by atoms with van der Waals surface area (Å²) in [6.45, 7) is 8.93. The molecular weight excluding hydrogens is 227 g/mol. The molecule has 0 aromatic heterocycles. The lowest BCUT2D eigenvalue weighted by atomic mass is 9.92. The van der Waals surface area contributed by atoms with E-state index in [9.17, 15) is 4.39 Å². The van der Waals surface area contributed by atoms with Gasteiger partial charge in [0, 0.05) is 13.1 Å². The fourth-order valence-corrected chi connectivity index (χ4v) is 1.81. The Bertz CT molecular complexity index is 358. The highest BCUT2D eigenvalue weighted by molar-refractivity contribution is 5.47. The predicted octanol–water partition coefficient (Wildman–Crippen LogP) is 3.42. The molecule has 1 aromatic rings. The molecule has 2 nitrogen and oxygen atoms in total. The lowest BCUT2D eigenvalue weighted by Crippen LogP contribution is -2.30. The van der Waals surface area contributed by atoms with Crippen LogP contribution in [0.5, 0.6) is 0 Å². The van der Waals surface area contributed by atoms with Gasteiger partial charge in [0.05, 0.1) is 5.69 Å². The summed E-state index contributed by atoms with van der Waals surface area (Å²) in [5.74, 6) is -0.150. The summed E-state index contributed by atoms with van der Waals surface area (Å²) < 4.78 is 13.8. The molecule has 0 spiro atoms. The summed E-state index contributed by atoms with van der Waals surface area (Å²) in [6, 6.07) is 6.96. The average Bonchev–Trinajstić information content (AvgIpc) is 2.29. The lowest BCUT2D eigenvalue weighted by Gasteiger charge is -2.29. The zero-order valence-electron chi connectivity index (χ0n) is 11.7. The molecule has 0 aliphatic rings. The van der Waals surface area contributed by atoms with Crippen LogP contribution < -0.4 is 10.6 Å². The molecular formula is C15H25FN2. The van der Waals surface area contributed by atoms with Gasteiger partial charge in [-0.25, -0.2) is 4.39 Å². The Balaban J connectivity index is 2.75. The van der Waals surface area contributed by atoms with Crippen LogP contribution in [0.15, 0.2) is 24.3 Å². The van der Waals surface area contributed by atoms with Crippen LogP contribution >= 0.6 is 0 Å². The van der Waals surface area contributed by atoms with Crippen molar-refractivity contribution >= 4 is 5.69 Å². The topological polar surface area (TPSA) is 29.3 Å². The van der Waals surface area contributed by atoms with E-state index in [1.807, 2.05) is 12.1 Å². The molecule has 0 fully saturated rings. The van der Waals surface area contributed by atoms with Crippen LogP contribution in [-0.2, 0) is 0 Å². The van der Waals surface area contributed by atoms with Crippen molar-refractivity contribution in [1.29, 1.82) is 0 Å². The summed E-state index contributed by atoms with van der Waals surface area (Å²) >= 11 is 0. The van der Waals surface area contributed by atoms with Crippen molar-refractivity contribution in [2.45, 2.75) is 33.6 Å². The maximum absolute atomic E-state index is 13.8. The highest BCUT2D eigenvalue weighted by Gasteiger charge is 2.15. The first-order valence-electron chi connectivity index (χ1n) is 6.63. The summed E-state index contributed by atoms with van der Waals surface area (Å²) in [5, 5.41) is 0. The molecule has 1 rings (SSSR count). The Kier molecular flexibility index (Phi) is 5.60. The summed E-state index contributed by atoms with van der Waals surface area (Å²) in [6.07, 6.45) is 1.92. The maximum atomic E-state index is 13.8. The monoisotopic (exact) mass is 252 g/mol. The van der Waals surface area contributed by atoms with E-state index in [-0.39, 0.29) is 11.2 Å². The maximum Gasteiger partial charge on any atom is 0.146 e. The van der Waals surface area contributed by atoms with Gasteiger partial charge < -0.3 is 10.6 Å². The van der Waals surface area contributed by atoms with Gasteiger partial charge in [-0.15, -0.1) is 0 Å². The summed E-state index contributed by atoms with van der Waals surface area (Å²) in [4.78, 5) is 2.10. The van der Waals surface area contributed by atoms with Crippen molar-refractivity contribution in [3.05, 3.63) is 30.1 Å². The van der Waals surface area contributed by atoms with Crippen LogP contribution in [-0.4, -0.2) is 19.6 Å². The van der Waals surface area contributed by atoms with E-state index >= 15 is 0 Å². The molecule has 0 heterocycles. The molecule has 18 heavy (non-hydrogen) atoms. The van der Waals surface area contributed by atoms with E-state index in [1.54, 1.807) is 6.07 Å². The minimum Gasteiger partial charge on any atom is -0.369 e. The smallest absolute Gasteiger partial charge is 0.146 e. The Morgan fingerprint density at radius 3 is 2.39 bits per heavy atom. The molecule has 2 N–H and O–H groups in total. The van der Waals surface area contributed by atoms with Gasteiger partial charge in [-0.1, -0.05) is 32.9 Å². The van der Waals surface area contributed by atoms with Gasteiger partial charge in [-0.05, 0) is 36.9 Å². The number of hydrogen-bond acceptors (Lipinski definition) is 2. The van der Waals surface area contributed by atoms with Gasteiger partial charge >= 0.3 is 0 Å². The van der Waals surface area contributed by atoms with Gasteiger partial charge in [-0.3, -0.25) is 0 Å². The Labute approximate surface area is 110 Å². The molecule has 0 aliphatic carbocycles. The van der Waals surface area contributed by atoms with Crippen molar-refractivity contribution in [2.75, 3.05) is 24.5 Å². The van der Waals surface area contributed by atoms with Gasteiger partial charge in [0.25, 0.3) is 0 Å². The third kappa shape index (κ3) is 5.05. The van der Waals surface area contributed by atoms with Crippen LogP contribution in [0, 0.1) is 11.2 Å². The number of halogens is 1. The molecule has 0 bridgehead atoms. The van der Waals surface area contributed by atoms with Gasteiger partial charge in [-0.2, -0.15) is 0 Å². The van der Waals surface area contributed by atoms with Crippen molar-refractivity contribution in [1.82, 2.24) is 0 Å². The van der Waals surface area contributed by atoms with Crippen LogP contribution in [0.4, 0.5) is 10.1 Å². The van der Waals surface area contributed by atoms with Crippen molar-refractivity contribution in [2.24, 2.45) is 11.1 Å². The van der Waals surface area contributed by atoms with Crippen molar-refractivity contribution in [3.63, 3.8) is 0 Å². The number of nitrogens with two attached hydrogens (primary N) is 1. The van der Waals surface area contributed by atoms with E-state index < -0.39 is 0 Å². The fourth-order valence-electron chi connectivity index (χ4n) is 1.81. The second-order valence-corrected chi connectivity index (χ2v) is 5.89. The molecule has 0 aliphatic heterocycles. The van der Waals surface area contributed by atoms with E-state index in [4.69, 9.17) is 5.73 Å². The Morgan fingerprint density at radius 1 is 1.17 bits per heavy atom. The summed E-state index contributed by atoms with van der Waals surface area (Å²) in [7, 11) is 0. The largest absolute Gasteiger partial charge is 0.369 e. The van der Waals surface area contributed by atoms with Gasteiger partial charge in [0.1, 0.15) is 5.82 Å². The highest BCUT2D eigenvalue weighted by atomic mass is 19.1. The molecule has 0 saturated carbocycles. The Hall–Kier alpha value is -1.09. The first-order chi connectivity index (χ1) is 8.44. The van der Waals surface area contributed by atoms with E-state index in [0.29, 0.717) is 12.2 Å². The Morgan fingerprint density at radius 2 is 1.83 bits per heavy atom. The molecule has 0 atom stereocenters. The summed E-state index contributed by atoms with van der Waals surface area (Å²) in [5.41, 5.74) is 6.50. The molecule has 0 radical (unpaired) electrons. The van der Waals surface area contributed by atoms with Crippen LogP contribution in [0.25, 0.3) is 0 Å². The first kappa shape index (κ1) is 15.0. The van der Waals surface area contributed by atoms with Crippen molar-refractivity contribution in [3.8, 4) is 0 Å². The van der Waals surface area contributed by atoms with Gasteiger partial charge in [0.15, 0.2) is 0 Å². The molecule has 102 valence electrons. The van der Waals surface area contributed by atoms with Crippen LogP contribution in [0.3, 0.4) is 0 Å². The van der Waals surface area contributed by atoms with E-state index in [0.717, 1.165) is 25.9 Å². The number of benzene rings is 1. The first-order valence-corrected chi connectivity index (χ1v) is 6.63. The predicted molar refractivity (Wildman–Crippen MR) is 76.4 cm³/mol. The number of rotatable bonds is 6. The third-order valence-electron chi connectivity index (χ3n) is 2.96. The standard InChI is InChI=1S/C15H25FN2/c1-15(2,3)9-12-18(11-6-10-17)14-8-5-4-7-13(14)16/h4-5,7-8H,6,9-12,17H2,1-3H3.